The van der Waals surface area contributed by atoms with E-state index in [4.69, 9.17) is 5.73 Å². The van der Waals surface area contributed by atoms with E-state index in [1.807, 2.05) is 0 Å². The van der Waals surface area contributed by atoms with Gasteiger partial charge in [0.1, 0.15) is 11.9 Å². The summed E-state index contributed by atoms with van der Waals surface area (Å²) in [4.78, 5) is 9.84. The highest BCUT2D eigenvalue weighted by Crippen LogP contribution is 2.50. The maximum absolute atomic E-state index is 12.7. The first-order valence-corrected chi connectivity index (χ1v) is 4.19. The molecule has 1 aliphatic rings. The molecule has 1 heterocycles. The van der Waals surface area contributed by atoms with Crippen molar-refractivity contribution in [3.63, 3.8) is 0 Å². The number of H-pyrrole nitrogens is 1. The molecule has 82 valence electrons. The summed E-state index contributed by atoms with van der Waals surface area (Å²) in [5, 5.41) is 16.3. The van der Waals surface area contributed by atoms with Crippen LogP contribution >= 0.6 is 0 Å². The summed E-state index contributed by atoms with van der Waals surface area (Å²) >= 11 is 0. The maximum atomic E-state index is 12.7. The van der Waals surface area contributed by atoms with Gasteiger partial charge in [-0.2, -0.15) is 5.10 Å². The van der Waals surface area contributed by atoms with E-state index in [1.165, 1.54) is 0 Å². The summed E-state index contributed by atoms with van der Waals surface area (Å²) in [6.07, 6.45) is -0.216. The van der Waals surface area contributed by atoms with Crippen molar-refractivity contribution in [2.24, 2.45) is 5.73 Å². The van der Waals surface area contributed by atoms with E-state index in [-0.39, 0.29) is 11.4 Å². The van der Waals surface area contributed by atoms with Crippen molar-refractivity contribution < 1.29 is 13.7 Å². The van der Waals surface area contributed by atoms with E-state index in [0.717, 1.165) is 6.20 Å². The van der Waals surface area contributed by atoms with Gasteiger partial charge >= 0.3 is 5.69 Å². The van der Waals surface area contributed by atoms with Gasteiger partial charge in [-0.25, -0.2) is 8.78 Å². The summed E-state index contributed by atoms with van der Waals surface area (Å²) in [6.45, 7) is 0. The number of nitrogens with one attached hydrogen (secondary N) is 1. The first-order chi connectivity index (χ1) is 6.84. The zero-order valence-corrected chi connectivity index (χ0v) is 7.54. The van der Waals surface area contributed by atoms with E-state index >= 15 is 0 Å². The van der Waals surface area contributed by atoms with Crippen LogP contribution in [0.5, 0.6) is 0 Å². The Balaban J connectivity index is 2.31. The van der Waals surface area contributed by atoms with Crippen LogP contribution in [0.4, 0.5) is 14.5 Å². The third kappa shape index (κ3) is 1.46. The molecule has 0 saturated heterocycles. The fourth-order valence-corrected chi connectivity index (χ4v) is 1.83. The molecule has 0 bridgehead atoms. The van der Waals surface area contributed by atoms with Gasteiger partial charge in [-0.1, -0.05) is 0 Å². The van der Waals surface area contributed by atoms with Crippen molar-refractivity contribution >= 4 is 5.69 Å². The number of nitro groups is 1. The van der Waals surface area contributed by atoms with Crippen LogP contribution in [0.2, 0.25) is 0 Å². The number of hydrogen-bond donors (Lipinski definition) is 2. The Bertz CT molecular complexity index is 409. The minimum Gasteiger partial charge on any atom is -0.320 e. The Hall–Kier alpha value is -1.57. The number of halogens is 2. The second-order valence-electron chi connectivity index (χ2n) is 3.75. The number of alkyl halides is 2. The molecular formula is C7H8F2N4O2. The van der Waals surface area contributed by atoms with E-state index < -0.39 is 29.2 Å². The van der Waals surface area contributed by atoms with Crippen LogP contribution in [0, 0.1) is 10.1 Å². The quantitative estimate of drug-likeness (QED) is 0.569. The zero-order chi connectivity index (χ0) is 11.3. The van der Waals surface area contributed by atoms with Gasteiger partial charge in [-0.05, 0) is 0 Å². The van der Waals surface area contributed by atoms with Crippen molar-refractivity contribution in [1.82, 2.24) is 10.2 Å². The van der Waals surface area contributed by atoms with E-state index in [0.29, 0.717) is 0 Å². The summed E-state index contributed by atoms with van der Waals surface area (Å²) in [5.74, 6) is -2.84. The molecule has 0 spiro atoms. The third-order valence-corrected chi connectivity index (χ3v) is 2.46. The van der Waals surface area contributed by atoms with Gasteiger partial charge in [0.05, 0.1) is 10.5 Å². The van der Waals surface area contributed by atoms with Crippen LogP contribution in [-0.4, -0.2) is 21.0 Å². The molecule has 1 saturated carbocycles. The van der Waals surface area contributed by atoms with E-state index in [1.54, 1.807) is 0 Å². The van der Waals surface area contributed by atoms with E-state index in [2.05, 4.69) is 10.2 Å². The second kappa shape index (κ2) is 2.72. The molecule has 0 radical (unpaired) electrons. The fourth-order valence-electron chi connectivity index (χ4n) is 1.83. The zero-order valence-electron chi connectivity index (χ0n) is 7.54. The summed E-state index contributed by atoms with van der Waals surface area (Å²) in [7, 11) is 0. The van der Waals surface area contributed by atoms with Crippen molar-refractivity contribution in [3.05, 3.63) is 22.0 Å². The number of rotatable bonds is 2. The van der Waals surface area contributed by atoms with Gasteiger partial charge in [0.15, 0.2) is 0 Å². The molecule has 15 heavy (non-hydrogen) atoms. The first kappa shape index (κ1) is 9.97. The minimum absolute atomic E-state index is 0.0292. The summed E-state index contributed by atoms with van der Waals surface area (Å²) < 4.78 is 25.3. The van der Waals surface area contributed by atoms with Gasteiger partial charge in [-0.15, -0.1) is 0 Å². The first-order valence-electron chi connectivity index (χ1n) is 4.19. The van der Waals surface area contributed by atoms with Crippen LogP contribution in [0.1, 0.15) is 18.5 Å². The Morgan fingerprint density at radius 3 is 2.67 bits per heavy atom. The van der Waals surface area contributed by atoms with Crippen molar-refractivity contribution in [2.75, 3.05) is 0 Å². The molecule has 1 aromatic heterocycles. The summed E-state index contributed by atoms with van der Waals surface area (Å²) in [6, 6.07) is 0. The maximum Gasteiger partial charge on any atom is 0.311 e. The molecule has 2 rings (SSSR count). The molecule has 0 aromatic carbocycles. The van der Waals surface area contributed by atoms with Crippen LogP contribution in [-0.2, 0) is 5.54 Å². The lowest BCUT2D eigenvalue weighted by Crippen LogP contribution is -2.55. The monoisotopic (exact) mass is 218 g/mol. The summed E-state index contributed by atoms with van der Waals surface area (Å²) in [5.41, 5.74) is 3.90. The Morgan fingerprint density at radius 2 is 2.20 bits per heavy atom. The number of nitrogens with two attached hydrogens (primary N) is 1. The molecule has 1 fully saturated rings. The lowest BCUT2D eigenvalue weighted by Gasteiger charge is -2.42. The number of nitrogens with zero attached hydrogens (tertiary/aromatic N) is 2. The number of hydrogen-bond acceptors (Lipinski definition) is 4. The molecule has 6 nitrogen and oxygen atoms in total. The predicted molar refractivity (Wildman–Crippen MR) is 45.3 cm³/mol. The molecule has 0 unspecified atom stereocenters. The topological polar surface area (TPSA) is 97.8 Å². The molecule has 3 N–H and O–H groups in total. The standard InChI is InChI=1S/C7H8F2N4O2/c8-7(9)2-6(10,3-7)5-4(13(14)15)1-11-12-5/h1H,2-3,10H2,(H,11,12). The van der Waals surface area contributed by atoms with Gasteiger partial charge in [0.2, 0.25) is 0 Å². The predicted octanol–water partition coefficient (Wildman–Crippen LogP) is 0.901. The van der Waals surface area contributed by atoms with Crippen molar-refractivity contribution in [3.8, 4) is 0 Å². The average molecular weight is 218 g/mol. The van der Waals surface area contributed by atoms with Crippen LogP contribution < -0.4 is 5.73 Å². The molecule has 0 atom stereocenters. The molecule has 1 aliphatic carbocycles. The number of aromatic nitrogens is 2. The number of aromatic amines is 1. The van der Waals surface area contributed by atoms with Gasteiger partial charge in [0.25, 0.3) is 5.92 Å². The second-order valence-corrected chi connectivity index (χ2v) is 3.75. The SMILES string of the molecule is NC1(c2[nH]ncc2[N+](=O)[O-])CC(F)(F)C1. The highest BCUT2D eigenvalue weighted by Gasteiger charge is 2.58. The van der Waals surface area contributed by atoms with Gasteiger partial charge in [0, 0.05) is 12.8 Å². The highest BCUT2D eigenvalue weighted by molar-refractivity contribution is 5.39. The van der Waals surface area contributed by atoms with E-state index in [9.17, 15) is 18.9 Å². The van der Waals surface area contributed by atoms with Gasteiger partial charge < -0.3 is 5.73 Å². The van der Waals surface area contributed by atoms with Crippen LogP contribution in [0.25, 0.3) is 0 Å². The van der Waals surface area contributed by atoms with Crippen LogP contribution in [0.3, 0.4) is 0 Å². The fraction of sp³-hybridized carbons (Fsp3) is 0.571. The average Bonchev–Trinajstić information content (AvgIpc) is 2.46. The molecule has 0 amide bonds. The lowest BCUT2D eigenvalue weighted by molar-refractivity contribution is -0.386. The minimum atomic E-state index is -2.84. The third-order valence-electron chi connectivity index (χ3n) is 2.46. The molecule has 8 heteroatoms. The largest absolute Gasteiger partial charge is 0.320 e. The normalized spacial score (nSPS) is 22.1. The molecular weight excluding hydrogens is 210 g/mol. The smallest absolute Gasteiger partial charge is 0.311 e. The Labute approximate surface area is 82.6 Å². The van der Waals surface area contributed by atoms with Crippen LogP contribution in [0.15, 0.2) is 6.20 Å². The molecule has 1 aromatic rings. The highest BCUT2D eigenvalue weighted by atomic mass is 19.3. The Kier molecular flexibility index (Phi) is 1.81. The Morgan fingerprint density at radius 1 is 1.60 bits per heavy atom. The van der Waals surface area contributed by atoms with Crippen molar-refractivity contribution in [2.45, 2.75) is 24.3 Å². The van der Waals surface area contributed by atoms with Crippen molar-refractivity contribution in [1.29, 1.82) is 0 Å². The lowest BCUT2D eigenvalue weighted by atomic mass is 9.72. The van der Waals surface area contributed by atoms with Gasteiger partial charge in [-0.3, -0.25) is 15.2 Å². The molecule has 0 aliphatic heterocycles.